The predicted molar refractivity (Wildman–Crippen MR) is 85.2 cm³/mol. The van der Waals surface area contributed by atoms with Crippen LogP contribution in [-0.2, 0) is 10.2 Å². The van der Waals surface area contributed by atoms with Gasteiger partial charge in [0.05, 0.1) is 5.41 Å². The topological polar surface area (TPSA) is 32.3 Å². The van der Waals surface area contributed by atoms with E-state index in [9.17, 15) is 4.79 Å². The molecule has 0 unspecified atom stereocenters. The standard InChI is InChI=1S/C16H26N2OS/c1-16(2,14-5-4-12-20-14)15(19)18-10-7-13(8-11-18)6-9-17-3/h4-5,12-13,17H,6-11H2,1-3H3. The molecule has 1 N–H and O–H groups in total. The Kier molecular flexibility index (Phi) is 5.22. The summed E-state index contributed by atoms with van der Waals surface area (Å²) < 4.78 is 0. The summed E-state index contributed by atoms with van der Waals surface area (Å²) in [6, 6.07) is 4.10. The van der Waals surface area contributed by atoms with E-state index >= 15 is 0 Å². The van der Waals surface area contributed by atoms with Gasteiger partial charge < -0.3 is 10.2 Å². The van der Waals surface area contributed by atoms with E-state index in [0.717, 1.165) is 38.4 Å². The van der Waals surface area contributed by atoms with Crippen LogP contribution in [0.1, 0.15) is 38.0 Å². The summed E-state index contributed by atoms with van der Waals surface area (Å²) in [6.45, 7) is 7.02. The van der Waals surface area contributed by atoms with Gasteiger partial charge in [-0.05, 0) is 64.1 Å². The normalized spacial score (nSPS) is 17.4. The van der Waals surface area contributed by atoms with E-state index in [2.05, 4.69) is 16.3 Å². The number of nitrogens with one attached hydrogen (secondary N) is 1. The van der Waals surface area contributed by atoms with Crippen molar-refractivity contribution in [2.75, 3.05) is 26.7 Å². The van der Waals surface area contributed by atoms with Crippen molar-refractivity contribution in [1.82, 2.24) is 10.2 Å². The van der Waals surface area contributed by atoms with Crippen LogP contribution >= 0.6 is 11.3 Å². The van der Waals surface area contributed by atoms with Gasteiger partial charge in [0.25, 0.3) is 0 Å². The van der Waals surface area contributed by atoms with Gasteiger partial charge in [-0.15, -0.1) is 11.3 Å². The van der Waals surface area contributed by atoms with Crippen molar-refractivity contribution >= 4 is 17.2 Å². The van der Waals surface area contributed by atoms with E-state index in [4.69, 9.17) is 0 Å². The molecule has 1 aliphatic rings. The molecule has 2 heterocycles. The fraction of sp³-hybridized carbons (Fsp3) is 0.688. The summed E-state index contributed by atoms with van der Waals surface area (Å²) in [5.74, 6) is 1.06. The Morgan fingerprint density at radius 1 is 1.45 bits per heavy atom. The van der Waals surface area contributed by atoms with Gasteiger partial charge in [0.15, 0.2) is 0 Å². The zero-order chi connectivity index (χ0) is 14.6. The number of thiophene rings is 1. The average Bonchev–Trinajstić information content (AvgIpc) is 3.00. The molecule has 112 valence electrons. The van der Waals surface area contributed by atoms with Gasteiger partial charge in [-0.1, -0.05) is 6.07 Å². The quantitative estimate of drug-likeness (QED) is 0.905. The first-order chi connectivity index (χ1) is 9.55. The minimum atomic E-state index is -0.383. The SMILES string of the molecule is CNCCC1CCN(C(=O)C(C)(C)c2cccs2)CC1. The number of carbonyl (C=O) groups is 1. The molecule has 1 saturated heterocycles. The van der Waals surface area contributed by atoms with Gasteiger partial charge in [-0.3, -0.25) is 4.79 Å². The zero-order valence-electron chi connectivity index (χ0n) is 12.8. The van der Waals surface area contributed by atoms with Gasteiger partial charge >= 0.3 is 0 Å². The second-order valence-corrected chi connectivity index (χ2v) is 7.18. The van der Waals surface area contributed by atoms with Crippen molar-refractivity contribution in [2.24, 2.45) is 5.92 Å². The van der Waals surface area contributed by atoms with E-state index in [1.54, 1.807) is 11.3 Å². The molecular formula is C16H26N2OS. The molecule has 0 saturated carbocycles. The van der Waals surface area contributed by atoms with E-state index in [1.807, 2.05) is 32.3 Å². The second-order valence-electron chi connectivity index (χ2n) is 6.23. The number of likely N-dealkylation sites (tertiary alicyclic amines) is 1. The smallest absolute Gasteiger partial charge is 0.233 e. The molecule has 2 rings (SSSR count). The molecule has 0 atom stereocenters. The first-order valence-electron chi connectivity index (χ1n) is 7.53. The van der Waals surface area contributed by atoms with Crippen LogP contribution < -0.4 is 5.32 Å². The van der Waals surface area contributed by atoms with Crippen LogP contribution in [0.5, 0.6) is 0 Å². The summed E-state index contributed by atoms with van der Waals surface area (Å²) in [5, 5.41) is 5.26. The number of piperidine rings is 1. The maximum atomic E-state index is 12.8. The first-order valence-corrected chi connectivity index (χ1v) is 8.41. The molecule has 20 heavy (non-hydrogen) atoms. The maximum Gasteiger partial charge on any atom is 0.233 e. The lowest BCUT2D eigenvalue weighted by atomic mass is 9.87. The Hall–Kier alpha value is -0.870. The number of carbonyl (C=O) groups excluding carboxylic acids is 1. The number of nitrogens with zero attached hydrogens (tertiary/aromatic N) is 1. The number of hydrogen-bond donors (Lipinski definition) is 1. The summed E-state index contributed by atoms with van der Waals surface area (Å²) in [6.07, 6.45) is 3.52. The van der Waals surface area contributed by atoms with Crippen molar-refractivity contribution in [2.45, 2.75) is 38.5 Å². The molecular weight excluding hydrogens is 268 g/mol. The third-order valence-corrected chi connectivity index (χ3v) is 5.57. The first kappa shape index (κ1) is 15.5. The molecule has 0 spiro atoms. The lowest BCUT2D eigenvalue weighted by molar-refractivity contribution is -0.137. The van der Waals surface area contributed by atoms with E-state index in [0.29, 0.717) is 0 Å². The van der Waals surface area contributed by atoms with Crippen molar-refractivity contribution in [3.8, 4) is 0 Å². The van der Waals surface area contributed by atoms with Gasteiger partial charge in [0, 0.05) is 18.0 Å². The minimum Gasteiger partial charge on any atom is -0.342 e. The fourth-order valence-corrected chi connectivity index (χ4v) is 3.75. The largest absolute Gasteiger partial charge is 0.342 e. The Balaban J connectivity index is 1.92. The highest BCUT2D eigenvalue weighted by Gasteiger charge is 2.35. The molecule has 4 heteroatoms. The highest BCUT2D eigenvalue weighted by atomic mass is 32.1. The van der Waals surface area contributed by atoms with Crippen LogP contribution in [0.3, 0.4) is 0 Å². The molecule has 1 aliphatic heterocycles. The van der Waals surface area contributed by atoms with Crippen LogP contribution in [0.4, 0.5) is 0 Å². The Bertz CT molecular complexity index is 420. The Morgan fingerprint density at radius 3 is 2.70 bits per heavy atom. The van der Waals surface area contributed by atoms with Crippen LogP contribution in [0.25, 0.3) is 0 Å². The van der Waals surface area contributed by atoms with E-state index in [-0.39, 0.29) is 11.3 Å². The van der Waals surface area contributed by atoms with Crippen molar-refractivity contribution in [3.05, 3.63) is 22.4 Å². The molecule has 1 fully saturated rings. The maximum absolute atomic E-state index is 12.8. The Labute approximate surface area is 126 Å². The Morgan fingerprint density at radius 2 is 2.15 bits per heavy atom. The molecule has 0 radical (unpaired) electrons. The van der Waals surface area contributed by atoms with Gasteiger partial charge in [0.1, 0.15) is 0 Å². The second kappa shape index (κ2) is 6.72. The van der Waals surface area contributed by atoms with Gasteiger partial charge in [-0.2, -0.15) is 0 Å². The minimum absolute atomic E-state index is 0.284. The molecule has 1 aromatic heterocycles. The highest BCUT2D eigenvalue weighted by molar-refractivity contribution is 7.10. The van der Waals surface area contributed by atoms with E-state index in [1.165, 1.54) is 11.3 Å². The monoisotopic (exact) mass is 294 g/mol. The third-order valence-electron chi connectivity index (χ3n) is 4.38. The lowest BCUT2D eigenvalue weighted by Gasteiger charge is -2.36. The van der Waals surface area contributed by atoms with Crippen LogP contribution in [-0.4, -0.2) is 37.5 Å². The third kappa shape index (κ3) is 3.41. The zero-order valence-corrected chi connectivity index (χ0v) is 13.6. The lowest BCUT2D eigenvalue weighted by Crippen LogP contribution is -2.46. The predicted octanol–water partition coefficient (Wildman–Crippen LogP) is 2.87. The number of hydrogen-bond acceptors (Lipinski definition) is 3. The summed E-state index contributed by atoms with van der Waals surface area (Å²) in [7, 11) is 2.00. The average molecular weight is 294 g/mol. The fourth-order valence-electron chi connectivity index (χ4n) is 2.91. The number of rotatable bonds is 5. The van der Waals surface area contributed by atoms with E-state index < -0.39 is 0 Å². The molecule has 0 bridgehead atoms. The number of amides is 1. The molecule has 1 aromatic rings. The molecule has 1 amide bonds. The summed E-state index contributed by atoms with van der Waals surface area (Å²) >= 11 is 1.68. The van der Waals surface area contributed by atoms with Crippen LogP contribution in [0.2, 0.25) is 0 Å². The van der Waals surface area contributed by atoms with Gasteiger partial charge in [-0.25, -0.2) is 0 Å². The summed E-state index contributed by atoms with van der Waals surface area (Å²) in [5.41, 5.74) is -0.383. The van der Waals surface area contributed by atoms with Crippen molar-refractivity contribution in [1.29, 1.82) is 0 Å². The van der Waals surface area contributed by atoms with Crippen LogP contribution in [0.15, 0.2) is 17.5 Å². The highest BCUT2D eigenvalue weighted by Crippen LogP contribution is 2.31. The summed E-state index contributed by atoms with van der Waals surface area (Å²) in [4.78, 5) is 16.0. The van der Waals surface area contributed by atoms with Crippen LogP contribution in [0, 0.1) is 5.92 Å². The van der Waals surface area contributed by atoms with Crippen molar-refractivity contribution in [3.63, 3.8) is 0 Å². The molecule has 3 nitrogen and oxygen atoms in total. The molecule has 0 aliphatic carbocycles. The molecule has 0 aromatic carbocycles. The van der Waals surface area contributed by atoms with Gasteiger partial charge in [0.2, 0.25) is 5.91 Å². The van der Waals surface area contributed by atoms with Crippen molar-refractivity contribution < 1.29 is 4.79 Å².